The molecule has 9 nitrogen and oxygen atoms in total. The topological polar surface area (TPSA) is 89.6 Å². The summed E-state index contributed by atoms with van der Waals surface area (Å²) in [5, 5.41) is 12.1. The zero-order valence-electron chi connectivity index (χ0n) is 18.1. The number of hydrogen-bond donors (Lipinski definition) is 1. The Hall–Kier alpha value is -3.72. The Morgan fingerprint density at radius 2 is 1.97 bits per heavy atom. The highest BCUT2D eigenvalue weighted by molar-refractivity contribution is 6.07. The molecule has 1 fully saturated rings. The average Bonchev–Trinajstić information content (AvgIpc) is 3.44. The number of nitrogens with zero attached hydrogens (tertiary/aromatic N) is 6. The van der Waals surface area contributed by atoms with E-state index in [-0.39, 0.29) is 5.91 Å². The summed E-state index contributed by atoms with van der Waals surface area (Å²) >= 11 is 0. The molecule has 1 aliphatic rings. The van der Waals surface area contributed by atoms with E-state index in [9.17, 15) is 4.79 Å². The lowest BCUT2D eigenvalue weighted by Gasteiger charge is -2.27. The first-order valence-corrected chi connectivity index (χ1v) is 10.6. The number of carbonyl (C=O) groups excluding carboxylic acids is 1. The van der Waals surface area contributed by atoms with Gasteiger partial charge in [0.2, 0.25) is 0 Å². The second kappa shape index (κ2) is 8.43. The molecule has 3 aromatic heterocycles. The molecule has 0 unspecified atom stereocenters. The maximum atomic E-state index is 13.1. The predicted molar refractivity (Wildman–Crippen MR) is 121 cm³/mol. The van der Waals surface area contributed by atoms with E-state index in [0.29, 0.717) is 22.9 Å². The number of rotatable bonds is 5. The van der Waals surface area contributed by atoms with Crippen LogP contribution in [0.1, 0.15) is 34.8 Å². The van der Waals surface area contributed by atoms with E-state index in [1.54, 1.807) is 34.8 Å². The van der Waals surface area contributed by atoms with E-state index < -0.39 is 0 Å². The lowest BCUT2D eigenvalue weighted by atomic mass is 9.94. The van der Waals surface area contributed by atoms with Gasteiger partial charge in [-0.05, 0) is 63.3 Å². The molecule has 1 aliphatic heterocycles. The molecule has 4 aromatic rings. The van der Waals surface area contributed by atoms with Crippen molar-refractivity contribution in [3.8, 4) is 11.4 Å². The Kier molecular flexibility index (Phi) is 5.32. The van der Waals surface area contributed by atoms with E-state index >= 15 is 0 Å². The van der Waals surface area contributed by atoms with Crippen LogP contribution >= 0.6 is 0 Å². The lowest BCUT2D eigenvalue weighted by molar-refractivity contribution is 0.102. The fourth-order valence-corrected chi connectivity index (χ4v) is 4.08. The fraction of sp³-hybridized carbons (Fsp3) is 0.304. The number of methoxy groups -OCH3 is 1. The zero-order valence-corrected chi connectivity index (χ0v) is 18.1. The molecule has 32 heavy (non-hydrogen) atoms. The van der Waals surface area contributed by atoms with Crippen LogP contribution in [0.3, 0.4) is 0 Å². The molecule has 1 N–H and O–H groups in total. The summed E-state index contributed by atoms with van der Waals surface area (Å²) in [6.45, 7) is 2.08. The average molecular weight is 432 g/mol. The maximum Gasteiger partial charge on any atom is 0.262 e. The van der Waals surface area contributed by atoms with Crippen molar-refractivity contribution in [1.29, 1.82) is 0 Å². The van der Waals surface area contributed by atoms with Crippen molar-refractivity contribution < 1.29 is 9.53 Å². The highest BCUT2D eigenvalue weighted by atomic mass is 16.5. The van der Waals surface area contributed by atoms with Crippen LogP contribution < -0.4 is 10.1 Å². The number of benzene rings is 1. The largest absolute Gasteiger partial charge is 0.497 e. The van der Waals surface area contributed by atoms with Crippen LogP contribution in [-0.2, 0) is 0 Å². The second-order valence-electron chi connectivity index (χ2n) is 8.04. The van der Waals surface area contributed by atoms with Gasteiger partial charge >= 0.3 is 0 Å². The third-order valence-corrected chi connectivity index (χ3v) is 5.95. The monoisotopic (exact) mass is 431 g/mol. The van der Waals surface area contributed by atoms with Crippen molar-refractivity contribution in [2.24, 2.45) is 0 Å². The molecule has 5 rings (SSSR count). The molecule has 0 aliphatic carbocycles. The lowest BCUT2D eigenvalue weighted by Crippen LogP contribution is -2.29. The first kappa shape index (κ1) is 20.2. The third-order valence-electron chi connectivity index (χ3n) is 5.95. The standard InChI is InChI=1S/C23H25N7O2/c1-28-12-8-16(9-13-28)20-14-21(30(27-20)17-4-6-18(32-2)7-5-17)26-23(31)19-15-25-29-11-3-10-24-22(19)29/h3-7,10-11,14-16H,8-9,12-13H2,1-2H3,(H,26,31). The number of piperidine rings is 1. The van der Waals surface area contributed by atoms with Gasteiger partial charge in [0, 0.05) is 24.4 Å². The van der Waals surface area contributed by atoms with E-state index in [1.807, 2.05) is 30.3 Å². The number of nitrogens with one attached hydrogen (secondary N) is 1. The van der Waals surface area contributed by atoms with Crippen LogP contribution in [0.4, 0.5) is 5.82 Å². The van der Waals surface area contributed by atoms with Crippen molar-refractivity contribution in [3.05, 3.63) is 66.2 Å². The molecular formula is C23H25N7O2. The summed E-state index contributed by atoms with van der Waals surface area (Å²) in [6.07, 6.45) is 7.03. The molecule has 1 saturated heterocycles. The molecule has 9 heteroatoms. The van der Waals surface area contributed by atoms with Gasteiger partial charge in [0.25, 0.3) is 5.91 Å². The van der Waals surface area contributed by atoms with Crippen LogP contribution in [0.15, 0.2) is 55.0 Å². The number of ether oxygens (including phenoxy) is 1. The Labute approximate surface area is 185 Å². The number of aromatic nitrogens is 5. The first-order chi connectivity index (χ1) is 15.6. The van der Waals surface area contributed by atoms with Gasteiger partial charge in [0.05, 0.1) is 24.7 Å². The highest BCUT2D eigenvalue weighted by Crippen LogP contribution is 2.30. The van der Waals surface area contributed by atoms with Gasteiger partial charge in [-0.25, -0.2) is 14.2 Å². The summed E-state index contributed by atoms with van der Waals surface area (Å²) in [5.74, 6) is 1.46. The van der Waals surface area contributed by atoms with Crippen LogP contribution in [0.2, 0.25) is 0 Å². The van der Waals surface area contributed by atoms with E-state index in [4.69, 9.17) is 9.84 Å². The minimum Gasteiger partial charge on any atom is -0.497 e. The second-order valence-corrected chi connectivity index (χ2v) is 8.04. The molecular weight excluding hydrogens is 406 g/mol. The molecule has 4 heterocycles. The molecule has 0 spiro atoms. The Morgan fingerprint density at radius 1 is 1.19 bits per heavy atom. The van der Waals surface area contributed by atoms with Crippen molar-refractivity contribution in [2.75, 3.05) is 32.6 Å². The molecule has 0 bridgehead atoms. The van der Waals surface area contributed by atoms with Crippen LogP contribution in [-0.4, -0.2) is 62.4 Å². The van der Waals surface area contributed by atoms with E-state index in [2.05, 4.69) is 27.3 Å². The van der Waals surface area contributed by atoms with Gasteiger partial charge in [0.15, 0.2) is 5.65 Å². The number of anilines is 1. The van der Waals surface area contributed by atoms with Crippen LogP contribution in [0.5, 0.6) is 5.75 Å². The molecule has 1 amide bonds. The maximum absolute atomic E-state index is 13.1. The van der Waals surface area contributed by atoms with Crippen LogP contribution in [0, 0.1) is 0 Å². The Bertz CT molecular complexity index is 1240. The first-order valence-electron chi connectivity index (χ1n) is 10.6. The highest BCUT2D eigenvalue weighted by Gasteiger charge is 2.24. The molecule has 0 radical (unpaired) electrons. The summed E-state index contributed by atoms with van der Waals surface area (Å²) in [5.41, 5.74) is 2.76. The predicted octanol–water partition coefficient (Wildman–Crippen LogP) is 2.99. The molecule has 164 valence electrons. The quantitative estimate of drug-likeness (QED) is 0.523. The number of fused-ring (bicyclic) bond motifs is 1. The minimum absolute atomic E-state index is 0.275. The van der Waals surface area contributed by atoms with Gasteiger partial charge < -0.3 is 15.0 Å². The fourth-order valence-electron chi connectivity index (χ4n) is 4.08. The Balaban J connectivity index is 1.49. The van der Waals surface area contributed by atoms with E-state index in [0.717, 1.165) is 43.1 Å². The van der Waals surface area contributed by atoms with Gasteiger partial charge in [-0.2, -0.15) is 10.2 Å². The SMILES string of the molecule is COc1ccc(-n2nc(C3CCN(C)CC3)cc2NC(=O)c2cnn3cccnc23)cc1. The van der Waals surface area contributed by atoms with Crippen molar-refractivity contribution in [3.63, 3.8) is 0 Å². The van der Waals surface area contributed by atoms with Crippen LogP contribution in [0.25, 0.3) is 11.3 Å². The molecule has 1 aromatic carbocycles. The summed E-state index contributed by atoms with van der Waals surface area (Å²) in [6, 6.07) is 11.4. The van der Waals surface area contributed by atoms with Gasteiger partial charge in [-0.15, -0.1) is 0 Å². The number of amides is 1. The Morgan fingerprint density at radius 3 is 2.72 bits per heavy atom. The van der Waals surface area contributed by atoms with Gasteiger partial charge in [0.1, 0.15) is 17.1 Å². The number of carbonyl (C=O) groups is 1. The smallest absolute Gasteiger partial charge is 0.262 e. The molecule has 0 atom stereocenters. The number of likely N-dealkylation sites (tertiary alicyclic amines) is 1. The van der Waals surface area contributed by atoms with Gasteiger partial charge in [-0.3, -0.25) is 4.79 Å². The van der Waals surface area contributed by atoms with Crippen molar-refractivity contribution in [2.45, 2.75) is 18.8 Å². The minimum atomic E-state index is -0.275. The number of hydrogen-bond acceptors (Lipinski definition) is 6. The summed E-state index contributed by atoms with van der Waals surface area (Å²) in [7, 11) is 3.78. The van der Waals surface area contributed by atoms with E-state index in [1.165, 1.54) is 6.20 Å². The zero-order chi connectivity index (χ0) is 22.1. The normalized spacial score (nSPS) is 15.2. The van der Waals surface area contributed by atoms with Crippen molar-refractivity contribution in [1.82, 2.24) is 29.3 Å². The molecule has 0 saturated carbocycles. The summed E-state index contributed by atoms with van der Waals surface area (Å²) in [4.78, 5) is 19.7. The van der Waals surface area contributed by atoms with Gasteiger partial charge in [-0.1, -0.05) is 0 Å². The summed E-state index contributed by atoms with van der Waals surface area (Å²) < 4.78 is 8.64. The third kappa shape index (κ3) is 3.82. The van der Waals surface area contributed by atoms with Crippen molar-refractivity contribution >= 4 is 17.4 Å².